The van der Waals surface area contributed by atoms with Gasteiger partial charge in [0.05, 0.1) is 6.07 Å². The molecule has 0 saturated heterocycles. The first-order chi connectivity index (χ1) is 4.31. The van der Waals surface area contributed by atoms with Gasteiger partial charge in [0, 0.05) is 0 Å². The van der Waals surface area contributed by atoms with Crippen LogP contribution < -0.4 is 0 Å². The summed E-state index contributed by atoms with van der Waals surface area (Å²) >= 11 is 10.5. The first-order valence-corrected chi connectivity index (χ1v) is 4.69. The first-order valence-electron chi connectivity index (χ1n) is 2.28. The van der Waals surface area contributed by atoms with Crippen LogP contribution in [0.3, 0.4) is 0 Å². The smallest absolute Gasteiger partial charge is 0.216 e. The molecule has 3 nitrogen and oxygen atoms in total. The fraction of sp³-hybridized carbons (Fsp3) is 0.750. The van der Waals surface area contributed by atoms with E-state index in [1.807, 2.05) is 0 Å². The largest absolute Gasteiger partial charge is 0.225 e. The Kier molecular flexibility index (Phi) is 2.96. The number of hydrogen-bond donors (Lipinski definition) is 0. The van der Waals surface area contributed by atoms with Gasteiger partial charge in [0.1, 0.15) is 5.75 Å². The van der Waals surface area contributed by atoms with E-state index in [2.05, 4.69) is 0 Å². The third-order valence-corrected chi connectivity index (χ3v) is 3.81. The molecule has 58 valence electrons. The molecule has 0 N–H and O–H groups in total. The van der Waals surface area contributed by atoms with Gasteiger partial charge in [-0.05, 0) is 6.92 Å². The lowest BCUT2D eigenvalue weighted by atomic mass is 10.9. The van der Waals surface area contributed by atoms with E-state index in [1.165, 1.54) is 6.07 Å². The highest BCUT2D eigenvalue weighted by Crippen LogP contribution is 2.27. The van der Waals surface area contributed by atoms with Gasteiger partial charge in [-0.25, -0.2) is 8.42 Å². The summed E-state index contributed by atoms with van der Waals surface area (Å²) in [5.74, 6) is -0.656. The fourth-order valence-electron chi connectivity index (χ4n) is 0.212. The highest BCUT2D eigenvalue weighted by molar-refractivity contribution is 7.95. The molecule has 0 aromatic heterocycles. The minimum atomic E-state index is -3.68. The third-order valence-electron chi connectivity index (χ3n) is 0.801. The molecule has 0 fully saturated rings. The Morgan fingerprint density at radius 2 is 2.00 bits per heavy atom. The highest BCUT2D eigenvalue weighted by atomic mass is 35.5. The van der Waals surface area contributed by atoms with Gasteiger partial charge >= 0.3 is 0 Å². The van der Waals surface area contributed by atoms with Gasteiger partial charge in [-0.15, -0.1) is 0 Å². The van der Waals surface area contributed by atoms with Crippen LogP contribution in [0.2, 0.25) is 0 Å². The van der Waals surface area contributed by atoms with E-state index in [0.29, 0.717) is 0 Å². The summed E-state index contributed by atoms with van der Waals surface area (Å²) in [6.45, 7) is 1.11. The van der Waals surface area contributed by atoms with Crippen LogP contribution >= 0.6 is 23.2 Å². The molecule has 0 atom stereocenters. The number of halogens is 2. The molecule has 0 aliphatic carbocycles. The zero-order chi connectivity index (χ0) is 8.41. The number of rotatable bonds is 2. The summed E-state index contributed by atoms with van der Waals surface area (Å²) in [7, 11) is -3.68. The quantitative estimate of drug-likeness (QED) is 0.629. The Balaban J connectivity index is 4.65. The molecular weight excluding hydrogens is 197 g/mol. The van der Waals surface area contributed by atoms with E-state index in [4.69, 9.17) is 28.5 Å². The summed E-state index contributed by atoms with van der Waals surface area (Å²) in [6, 6.07) is 1.46. The molecule has 0 bridgehead atoms. The number of hydrogen-bond acceptors (Lipinski definition) is 3. The van der Waals surface area contributed by atoms with Gasteiger partial charge < -0.3 is 0 Å². The lowest BCUT2D eigenvalue weighted by Crippen LogP contribution is -2.24. The van der Waals surface area contributed by atoms with Crippen molar-refractivity contribution in [3.63, 3.8) is 0 Å². The van der Waals surface area contributed by atoms with E-state index in [9.17, 15) is 8.42 Å². The van der Waals surface area contributed by atoms with E-state index >= 15 is 0 Å². The number of nitrogens with zero attached hydrogens (tertiary/aromatic N) is 1. The van der Waals surface area contributed by atoms with Gasteiger partial charge in [-0.3, -0.25) is 0 Å². The van der Waals surface area contributed by atoms with Crippen molar-refractivity contribution in [2.24, 2.45) is 0 Å². The van der Waals surface area contributed by atoms with Gasteiger partial charge in [-0.2, -0.15) is 5.26 Å². The topological polar surface area (TPSA) is 57.9 Å². The Bertz CT molecular complexity index is 245. The molecule has 0 unspecified atom stereocenters. The van der Waals surface area contributed by atoms with Crippen molar-refractivity contribution in [1.29, 1.82) is 5.26 Å². The van der Waals surface area contributed by atoms with E-state index in [1.54, 1.807) is 0 Å². The maximum absolute atomic E-state index is 10.8. The predicted molar refractivity (Wildman–Crippen MR) is 39.5 cm³/mol. The van der Waals surface area contributed by atoms with Crippen molar-refractivity contribution in [1.82, 2.24) is 0 Å². The minimum absolute atomic E-state index is 0.656. The normalized spacial score (nSPS) is 12.6. The van der Waals surface area contributed by atoms with Crippen molar-refractivity contribution >= 4 is 33.0 Å². The molecule has 0 aromatic carbocycles. The summed E-state index contributed by atoms with van der Waals surface area (Å²) in [5, 5.41) is 8.02. The summed E-state index contributed by atoms with van der Waals surface area (Å²) < 4.78 is 19.7. The van der Waals surface area contributed by atoms with Crippen LogP contribution in [0.1, 0.15) is 6.92 Å². The number of sulfone groups is 1. The van der Waals surface area contributed by atoms with Crippen molar-refractivity contribution in [2.45, 2.75) is 10.6 Å². The lowest BCUT2D eigenvalue weighted by molar-refractivity contribution is 0.594. The minimum Gasteiger partial charge on any atom is -0.225 e. The standard InChI is InChI=1S/C4H5Cl2NO2S/c1-4(5,6)10(8,9)3-2-7/h3H2,1H3. The molecule has 0 heterocycles. The SMILES string of the molecule is CC(Cl)(Cl)S(=O)(=O)CC#N. The Morgan fingerprint density at radius 1 is 1.60 bits per heavy atom. The van der Waals surface area contributed by atoms with Crippen LogP contribution in [0.4, 0.5) is 0 Å². The fourth-order valence-corrected chi connectivity index (χ4v) is 0.962. The van der Waals surface area contributed by atoms with Crippen molar-refractivity contribution in [2.75, 3.05) is 5.75 Å². The molecule has 0 aromatic rings. The van der Waals surface area contributed by atoms with Crippen LogP contribution in [0.25, 0.3) is 0 Å². The molecule has 10 heavy (non-hydrogen) atoms. The lowest BCUT2D eigenvalue weighted by Gasteiger charge is -2.10. The second-order valence-electron chi connectivity index (χ2n) is 1.73. The number of alkyl halides is 2. The average Bonchev–Trinajstić information content (AvgIpc) is 1.61. The van der Waals surface area contributed by atoms with E-state index < -0.39 is 19.3 Å². The molecule has 0 radical (unpaired) electrons. The molecule has 0 rings (SSSR count). The maximum Gasteiger partial charge on any atom is 0.216 e. The van der Waals surface area contributed by atoms with Crippen molar-refractivity contribution in [3.05, 3.63) is 0 Å². The van der Waals surface area contributed by atoms with Gasteiger partial charge in [0.25, 0.3) is 0 Å². The van der Waals surface area contributed by atoms with Crippen LogP contribution in [0.5, 0.6) is 0 Å². The first kappa shape index (κ1) is 10.0. The molecule has 0 aliphatic rings. The van der Waals surface area contributed by atoms with Crippen LogP contribution in [-0.4, -0.2) is 17.8 Å². The molecule has 6 heteroatoms. The van der Waals surface area contributed by atoms with E-state index in [-0.39, 0.29) is 0 Å². The van der Waals surface area contributed by atoms with Gasteiger partial charge in [-0.1, -0.05) is 23.2 Å². The van der Waals surface area contributed by atoms with Crippen LogP contribution in [0.15, 0.2) is 0 Å². The summed E-state index contributed by atoms with van der Waals surface area (Å²) in [6.07, 6.45) is 0. The second-order valence-corrected chi connectivity index (χ2v) is 6.21. The zero-order valence-corrected chi connectivity index (χ0v) is 7.46. The summed E-state index contributed by atoms with van der Waals surface area (Å²) in [5.41, 5.74) is 0. The van der Waals surface area contributed by atoms with Gasteiger partial charge in [0.15, 0.2) is 9.84 Å². The van der Waals surface area contributed by atoms with Crippen molar-refractivity contribution < 1.29 is 8.42 Å². The predicted octanol–water partition coefficient (Wildman–Crippen LogP) is 1.08. The molecule has 0 amide bonds. The van der Waals surface area contributed by atoms with Crippen LogP contribution in [0, 0.1) is 11.3 Å². The van der Waals surface area contributed by atoms with E-state index in [0.717, 1.165) is 6.92 Å². The average molecular weight is 202 g/mol. The highest BCUT2D eigenvalue weighted by Gasteiger charge is 2.33. The van der Waals surface area contributed by atoms with Crippen LogP contribution in [-0.2, 0) is 9.84 Å². The van der Waals surface area contributed by atoms with Crippen molar-refractivity contribution in [3.8, 4) is 6.07 Å². The maximum atomic E-state index is 10.8. The molecular formula is C4H5Cl2NO2S. The molecule has 0 spiro atoms. The zero-order valence-electron chi connectivity index (χ0n) is 5.13. The van der Waals surface area contributed by atoms with Gasteiger partial charge in [0.2, 0.25) is 3.67 Å². The Hall–Kier alpha value is 0.0200. The third kappa shape index (κ3) is 2.33. The number of nitriles is 1. The monoisotopic (exact) mass is 201 g/mol. The second kappa shape index (κ2) is 2.95. The Morgan fingerprint density at radius 3 is 2.10 bits per heavy atom. The Labute approximate surface area is 69.5 Å². The summed E-state index contributed by atoms with van der Waals surface area (Å²) in [4.78, 5) is 0. The molecule has 0 aliphatic heterocycles. The molecule has 0 saturated carbocycles.